The van der Waals surface area contributed by atoms with Crippen molar-refractivity contribution in [3.63, 3.8) is 0 Å². The Balaban J connectivity index is 1.46. The van der Waals surface area contributed by atoms with Gasteiger partial charge in [0.15, 0.2) is 0 Å². The molecule has 1 saturated heterocycles. The highest BCUT2D eigenvalue weighted by Crippen LogP contribution is 2.39. The van der Waals surface area contributed by atoms with Crippen LogP contribution < -0.4 is 0 Å². The van der Waals surface area contributed by atoms with Crippen molar-refractivity contribution >= 4 is 11.7 Å². The van der Waals surface area contributed by atoms with Crippen molar-refractivity contribution < 1.29 is 18.8 Å². The molecule has 0 amide bonds. The molecule has 0 saturated carbocycles. The summed E-state index contributed by atoms with van der Waals surface area (Å²) in [5.41, 5.74) is 2.12. The van der Waals surface area contributed by atoms with Crippen LogP contribution in [0.3, 0.4) is 0 Å². The molecule has 0 bridgehead atoms. The van der Waals surface area contributed by atoms with Crippen molar-refractivity contribution in [1.29, 1.82) is 0 Å². The number of aromatic nitrogens is 2. The molecule has 3 heterocycles. The number of carbonyl (C=O) groups is 1. The lowest BCUT2D eigenvalue weighted by Crippen LogP contribution is -2.49. The van der Waals surface area contributed by atoms with Crippen LogP contribution in [-0.4, -0.2) is 52.2 Å². The van der Waals surface area contributed by atoms with Crippen LogP contribution in [-0.2, 0) is 28.0 Å². The molecule has 7 nitrogen and oxygen atoms in total. The number of benzene rings is 1. The lowest BCUT2D eigenvalue weighted by molar-refractivity contribution is -0.162. The molecule has 166 valence electrons. The molecule has 1 aromatic heterocycles. The van der Waals surface area contributed by atoms with Crippen molar-refractivity contribution in [3.05, 3.63) is 53.6 Å². The highest BCUT2D eigenvalue weighted by atomic mass is 19.1. The van der Waals surface area contributed by atoms with Gasteiger partial charge in [-0.05, 0) is 44.0 Å². The van der Waals surface area contributed by atoms with Gasteiger partial charge < -0.3 is 9.57 Å². The number of likely N-dealkylation sites (tertiary alicyclic amines) is 1. The number of carbonyl (C=O) groups excluding carboxylic acids is 1. The molecule has 4 rings (SSSR count). The average Bonchev–Trinajstić information content (AvgIpc) is 3.38. The fraction of sp³-hybridized carbons (Fsp3) is 0.522. The van der Waals surface area contributed by atoms with Gasteiger partial charge in [0.25, 0.3) is 0 Å². The van der Waals surface area contributed by atoms with Gasteiger partial charge in [-0.25, -0.2) is 4.39 Å². The Kier molecular flexibility index (Phi) is 6.36. The standard InChI is InChI=1S/C23H29FN4O3/c1-3-30-22(29)23(9-4-10-28(16-23)15-17-13-25-27(2)14-17)12-20-11-21(26-31-20)18-5-7-19(24)8-6-18/h5-8,13-14,20H,3-4,9-12,15-16H2,1-2H3/t20-,23-/m1/s1. The van der Waals surface area contributed by atoms with Gasteiger partial charge in [0, 0.05) is 44.7 Å². The number of ether oxygens (including phenoxy) is 1. The molecule has 1 aromatic carbocycles. The van der Waals surface area contributed by atoms with Crippen LogP contribution in [0.25, 0.3) is 0 Å². The van der Waals surface area contributed by atoms with E-state index in [1.165, 1.54) is 12.1 Å². The third kappa shape index (κ3) is 4.95. The first-order valence-electron chi connectivity index (χ1n) is 10.8. The number of aryl methyl sites for hydroxylation is 1. The fourth-order valence-electron chi connectivity index (χ4n) is 4.66. The molecular formula is C23H29FN4O3. The van der Waals surface area contributed by atoms with E-state index >= 15 is 0 Å². The van der Waals surface area contributed by atoms with Gasteiger partial charge >= 0.3 is 5.97 Å². The van der Waals surface area contributed by atoms with Crippen LogP contribution in [0.2, 0.25) is 0 Å². The van der Waals surface area contributed by atoms with E-state index in [-0.39, 0.29) is 17.9 Å². The minimum absolute atomic E-state index is 0.162. The SMILES string of the molecule is CCOC(=O)[C@@]1(C[C@H]2CC(c3ccc(F)cc3)=NO2)CCCN(Cc2cnn(C)c2)C1. The first kappa shape index (κ1) is 21.5. The molecule has 0 aliphatic carbocycles. The number of oxime groups is 1. The van der Waals surface area contributed by atoms with Gasteiger partial charge in [0.1, 0.15) is 11.9 Å². The van der Waals surface area contributed by atoms with Gasteiger partial charge in [0.2, 0.25) is 0 Å². The van der Waals surface area contributed by atoms with Gasteiger partial charge in [-0.2, -0.15) is 5.10 Å². The summed E-state index contributed by atoms with van der Waals surface area (Å²) in [4.78, 5) is 21.1. The van der Waals surface area contributed by atoms with E-state index in [2.05, 4.69) is 15.2 Å². The lowest BCUT2D eigenvalue weighted by Gasteiger charge is -2.41. The summed E-state index contributed by atoms with van der Waals surface area (Å²) < 4.78 is 20.5. The van der Waals surface area contributed by atoms with Crippen LogP contribution in [0.5, 0.6) is 0 Å². The molecule has 0 unspecified atom stereocenters. The van der Waals surface area contributed by atoms with Crippen molar-refractivity contribution in [2.24, 2.45) is 17.6 Å². The number of rotatable bonds is 7. The van der Waals surface area contributed by atoms with Crippen LogP contribution >= 0.6 is 0 Å². The molecule has 2 aromatic rings. The molecule has 31 heavy (non-hydrogen) atoms. The lowest BCUT2D eigenvalue weighted by atomic mass is 9.74. The second-order valence-corrected chi connectivity index (χ2v) is 8.52. The minimum Gasteiger partial charge on any atom is -0.466 e. The van der Waals surface area contributed by atoms with Gasteiger partial charge in [-0.15, -0.1) is 0 Å². The maximum atomic E-state index is 13.2. The molecular weight excluding hydrogens is 399 g/mol. The summed E-state index contributed by atoms with van der Waals surface area (Å²) in [6.07, 6.45) is 6.48. The van der Waals surface area contributed by atoms with E-state index < -0.39 is 5.41 Å². The van der Waals surface area contributed by atoms with Crippen LogP contribution in [0.15, 0.2) is 41.8 Å². The summed E-state index contributed by atoms with van der Waals surface area (Å²) in [6.45, 7) is 4.49. The summed E-state index contributed by atoms with van der Waals surface area (Å²) in [5.74, 6) is -0.443. The normalized spacial score (nSPS) is 24.0. The van der Waals surface area contributed by atoms with Crippen molar-refractivity contribution in [1.82, 2.24) is 14.7 Å². The highest BCUT2D eigenvalue weighted by Gasteiger charge is 2.46. The number of halogens is 1. The second-order valence-electron chi connectivity index (χ2n) is 8.52. The Hall–Kier alpha value is -2.74. The predicted octanol–water partition coefficient (Wildman–Crippen LogP) is 3.29. The first-order valence-corrected chi connectivity index (χ1v) is 10.8. The third-order valence-electron chi connectivity index (χ3n) is 6.06. The quantitative estimate of drug-likeness (QED) is 0.633. The molecule has 0 spiro atoms. The van der Waals surface area contributed by atoms with Gasteiger partial charge in [-0.3, -0.25) is 14.4 Å². The highest BCUT2D eigenvalue weighted by molar-refractivity contribution is 6.01. The number of esters is 1. The Morgan fingerprint density at radius 2 is 2.16 bits per heavy atom. The summed E-state index contributed by atoms with van der Waals surface area (Å²) in [7, 11) is 1.90. The van der Waals surface area contributed by atoms with E-state index in [9.17, 15) is 9.18 Å². The molecule has 8 heteroatoms. The predicted molar refractivity (Wildman–Crippen MR) is 114 cm³/mol. The van der Waals surface area contributed by atoms with Crippen molar-refractivity contribution in [2.45, 2.75) is 45.3 Å². The first-order chi connectivity index (χ1) is 15.0. The zero-order chi connectivity index (χ0) is 21.8. The third-order valence-corrected chi connectivity index (χ3v) is 6.06. The molecule has 0 N–H and O–H groups in total. The zero-order valence-electron chi connectivity index (χ0n) is 18.1. The molecule has 1 fully saturated rings. The Bertz CT molecular complexity index is 943. The molecule has 2 aliphatic rings. The summed E-state index contributed by atoms with van der Waals surface area (Å²) in [5, 5.41) is 8.47. The number of hydrogen-bond acceptors (Lipinski definition) is 6. The van der Waals surface area contributed by atoms with Crippen LogP contribution in [0, 0.1) is 11.2 Å². The second kappa shape index (κ2) is 9.18. The van der Waals surface area contributed by atoms with E-state index in [1.54, 1.807) is 16.8 Å². The van der Waals surface area contributed by atoms with Crippen LogP contribution in [0.1, 0.15) is 43.7 Å². The molecule has 2 aliphatic heterocycles. The summed E-state index contributed by atoms with van der Waals surface area (Å²) in [6, 6.07) is 6.25. The monoisotopic (exact) mass is 428 g/mol. The Labute approximate surface area is 181 Å². The van der Waals surface area contributed by atoms with E-state index in [1.807, 2.05) is 26.4 Å². The van der Waals surface area contributed by atoms with Crippen molar-refractivity contribution in [3.8, 4) is 0 Å². The van der Waals surface area contributed by atoms with E-state index in [0.29, 0.717) is 26.0 Å². The number of hydrogen-bond donors (Lipinski definition) is 0. The summed E-state index contributed by atoms with van der Waals surface area (Å²) >= 11 is 0. The zero-order valence-corrected chi connectivity index (χ0v) is 18.1. The molecule has 0 radical (unpaired) electrons. The maximum Gasteiger partial charge on any atom is 0.313 e. The van der Waals surface area contributed by atoms with E-state index in [0.717, 1.165) is 42.8 Å². The van der Waals surface area contributed by atoms with E-state index in [4.69, 9.17) is 9.57 Å². The van der Waals surface area contributed by atoms with Crippen LogP contribution in [0.4, 0.5) is 4.39 Å². The number of piperidine rings is 1. The van der Waals surface area contributed by atoms with Gasteiger partial charge in [-0.1, -0.05) is 17.3 Å². The topological polar surface area (TPSA) is 69.0 Å². The maximum absolute atomic E-state index is 13.2. The number of nitrogens with zero attached hydrogens (tertiary/aromatic N) is 4. The average molecular weight is 429 g/mol. The van der Waals surface area contributed by atoms with Gasteiger partial charge in [0.05, 0.1) is 23.9 Å². The Morgan fingerprint density at radius 1 is 1.35 bits per heavy atom. The molecule has 2 atom stereocenters. The smallest absolute Gasteiger partial charge is 0.313 e. The minimum atomic E-state index is -0.630. The Morgan fingerprint density at radius 3 is 2.87 bits per heavy atom. The largest absolute Gasteiger partial charge is 0.466 e. The van der Waals surface area contributed by atoms with Crippen molar-refractivity contribution in [2.75, 3.05) is 19.7 Å². The fourth-order valence-corrected chi connectivity index (χ4v) is 4.66.